The van der Waals surface area contributed by atoms with Gasteiger partial charge in [0.05, 0.1) is 26.4 Å². The minimum atomic E-state index is -0.445. The second-order valence-corrected chi connectivity index (χ2v) is 9.62. The van der Waals surface area contributed by atoms with Gasteiger partial charge in [0.2, 0.25) is 0 Å². The fourth-order valence-corrected chi connectivity index (χ4v) is 3.84. The molecule has 0 heterocycles. The molecule has 8 nitrogen and oxygen atoms in total. The Morgan fingerprint density at radius 2 is 1.44 bits per heavy atom. The lowest BCUT2D eigenvalue weighted by molar-refractivity contribution is -0.153. The molecule has 0 bridgehead atoms. The molecule has 0 spiro atoms. The number of rotatable bonds is 23. The van der Waals surface area contributed by atoms with Gasteiger partial charge in [0.1, 0.15) is 18.1 Å². The quantitative estimate of drug-likeness (QED) is 0.0835. The Kier molecular flexibility index (Phi) is 17.7. The summed E-state index contributed by atoms with van der Waals surface area (Å²) in [6.07, 6.45) is 4.82. The Balaban J connectivity index is 1.55. The highest BCUT2D eigenvalue weighted by Gasteiger charge is 2.17. The van der Waals surface area contributed by atoms with Crippen molar-refractivity contribution in [2.45, 2.75) is 64.9 Å². The summed E-state index contributed by atoms with van der Waals surface area (Å²) in [4.78, 5) is 23.9. The van der Waals surface area contributed by atoms with Gasteiger partial charge in [-0.2, -0.15) is 0 Å². The van der Waals surface area contributed by atoms with Crippen LogP contribution in [0.25, 0.3) is 0 Å². The molecule has 0 radical (unpaired) electrons. The normalized spacial score (nSPS) is 11.5. The predicted octanol–water partition coefficient (Wildman–Crippen LogP) is 6.63. The Morgan fingerprint density at radius 3 is 2.17 bits per heavy atom. The maximum Gasteiger partial charge on any atom is 0.333 e. The first-order chi connectivity index (χ1) is 20.0. The summed E-state index contributed by atoms with van der Waals surface area (Å²) >= 11 is 0. The van der Waals surface area contributed by atoms with Crippen LogP contribution in [0, 0.1) is 0 Å². The number of carbonyl (C=O) groups is 2. The molecule has 0 saturated carbocycles. The first-order valence-corrected chi connectivity index (χ1v) is 14.6. The number of hydrogen-bond acceptors (Lipinski definition) is 8. The van der Waals surface area contributed by atoms with Gasteiger partial charge in [-0.05, 0) is 57.2 Å². The van der Waals surface area contributed by atoms with Crippen LogP contribution in [0.4, 0.5) is 0 Å². The van der Waals surface area contributed by atoms with E-state index < -0.39 is 6.10 Å². The highest BCUT2D eigenvalue weighted by molar-refractivity contribution is 5.86. The molecular weight excluding hydrogens is 524 g/mol. The van der Waals surface area contributed by atoms with Crippen LogP contribution in [0.5, 0.6) is 11.5 Å². The highest BCUT2D eigenvalue weighted by Crippen LogP contribution is 2.20. The summed E-state index contributed by atoms with van der Waals surface area (Å²) in [6.45, 7) is 10.6. The van der Waals surface area contributed by atoms with E-state index in [4.69, 9.17) is 28.4 Å². The lowest BCUT2D eigenvalue weighted by Crippen LogP contribution is -2.17. The Morgan fingerprint density at radius 1 is 0.756 bits per heavy atom. The monoisotopic (exact) mass is 570 g/mol. The number of unbranched alkanes of at least 4 members (excludes halogenated alkanes) is 4. The molecule has 0 aliphatic rings. The minimum absolute atomic E-state index is 0.239. The smallest absolute Gasteiger partial charge is 0.333 e. The van der Waals surface area contributed by atoms with E-state index in [1.165, 1.54) is 0 Å². The number of ether oxygens (including phenoxy) is 6. The number of benzene rings is 2. The van der Waals surface area contributed by atoms with E-state index in [0.29, 0.717) is 58.2 Å². The zero-order chi connectivity index (χ0) is 29.5. The molecule has 0 amide bonds. The van der Waals surface area contributed by atoms with E-state index in [1.807, 2.05) is 61.5 Å². The second kappa shape index (κ2) is 21.4. The molecule has 2 aromatic rings. The number of esters is 2. The zero-order valence-electron chi connectivity index (χ0n) is 24.6. The molecule has 0 N–H and O–H groups in total. The summed E-state index contributed by atoms with van der Waals surface area (Å²) in [6, 6.07) is 17.2. The minimum Gasteiger partial charge on any atom is -0.494 e. The van der Waals surface area contributed by atoms with Crippen molar-refractivity contribution >= 4 is 11.9 Å². The van der Waals surface area contributed by atoms with Crippen molar-refractivity contribution < 1.29 is 38.0 Å². The van der Waals surface area contributed by atoms with Crippen molar-refractivity contribution in [1.82, 2.24) is 0 Å². The van der Waals surface area contributed by atoms with Crippen molar-refractivity contribution in [2.75, 3.05) is 46.2 Å². The summed E-state index contributed by atoms with van der Waals surface area (Å²) < 4.78 is 33.6. The number of carbonyl (C=O) groups excluding carboxylic acids is 2. The summed E-state index contributed by atoms with van der Waals surface area (Å²) in [5.41, 5.74) is 1.31. The largest absolute Gasteiger partial charge is 0.494 e. The first kappa shape index (κ1) is 33.8. The van der Waals surface area contributed by atoms with E-state index in [-0.39, 0.29) is 11.9 Å². The third-order valence-corrected chi connectivity index (χ3v) is 6.01. The maximum atomic E-state index is 12.5. The van der Waals surface area contributed by atoms with Crippen molar-refractivity contribution in [3.63, 3.8) is 0 Å². The van der Waals surface area contributed by atoms with Crippen LogP contribution in [0.1, 0.15) is 70.5 Å². The van der Waals surface area contributed by atoms with E-state index in [0.717, 1.165) is 55.6 Å². The molecule has 0 aromatic heterocycles. The molecule has 8 heteroatoms. The molecular formula is C33H46O8. The fraction of sp³-hybridized carbons (Fsp3) is 0.515. The molecule has 2 rings (SSSR count). The molecule has 0 aliphatic heterocycles. The SMILES string of the molecule is C=C(C)C(=O)OCCCCCCC(=O)OC(COCCCCOCCOc1cccc(OCC)c1)c1ccccc1. The van der Waals surface area contributed by atoms with Crippen molar-refractivity contribution in [3.05, 3.63) is 72.3 Å². The van der Waals surface area contributed by atoms with E-state index in [1.54, 1.807) is 6.92 Å². The Labute approximate surface area is 244 Å². The van der Waals surface area contributed by atoms with Gasteiger partial charge in [-0.25, -0.2) is 4.79 Å². The van der Waals surface area contributed by atoms with Crippen LogP contribution in [0.3, 0.4) is 0 Å². The van der Waals surface area contributed by atoms with Crippen LogP contribution < -0.4 is 9.47 Å². The van der Waals surface area contributed by atoms with Gasteiger partial charge < -0.3 is 28.4 Å². The lowest BCUT2D eigenvalue weighted by atomic mass is 10.1. The standard InChI is InChI=1S/C33H46O8/c1-4-38-29-17-14-18-30(25-29)39-24-23-36-20-12-13-21-37-26-31(28-15-8-7-9-16-28)41-32(34)19-10-5-6-11-22-40-33(35)27(2)3/h7-9,14-18,25,31H,2,4-6,10-13,19-24,26H2,1,3H3. The fourth-order valence-electron chi connectivity index (χ4n) is 3.84. The van der Waals surface area contributed by atoms with Crippen LogP contribution >= 0.6 is 0 Å². The summed E-state index contributed by atoms with van der Waals surface area (Å²) in [7, 11) is 0. The molecule has 1 unspecified atom stereocenters. The van der Waals surface area contributed by atoms with Gasteiger partial charge in [-0.15, -0.1) is 0 Å². The Bertz CT molecular complexity index is 1010. The molecule has 0 aliphatic carbocycles. The molecule has 0 fully saturated rings. The van der Waals surface area contributed by atoms with Crippen molar-refractivity contribution in [3.8, 4) is 11.5 Å². The van der Waals surface area contributed by atoms with E-state index in [9.17, 15) is 9.59 Å². The molecule has 2 aromatic carbocycles. The van der Waals surface area contributed by atoms with Gasteiger partial charge in [0.15, 0.2) is 6.10 Å². The van der Waals surface area contributed by atoms with Gasteiger partial charge in [0, 0.05) is 31.3 Å². The average Bonchev–Trinajstić information content (AvgIpc) is 2.97. The summed E-state index contributed by atoms with van der Waals surface area (Å²) in [5, 5.41) is 0. The molecule has 41 heavy (non-hydrogen) atoms. The second-order valence-electron chi connectivity index (χ2n) is 9.62. The van der Waals surface area contributed by atoms with Crippen LogP contribution in [-0.2, 0) is 28.5 Å². The van der Waals surface area contributed by atoms with Gasteiger partial charge in [-0.3, -0.25) is 4.79 Å². The Hall–Kier alpha value is -3.36. The molecule has 226 valence electrons. The third-order valence-electron chi connectivity index (χ3n) is 6.01. The average molecular weight is 571 g/mol. The lowest BCUT2D eigenvalue weighted by Gasteiger charge is -2.18. The van der Waals surface area contributed by atoms with Crippen LogP contribution in [0.15, 0.2) is 66.7 Å². The highest BCUT2D eigenvalue weighted by atomic mass is 16.6. The summed E-state index contributed by atoms with van der Waals surface area (Å²) in [5.74, 6) is 0.956. The van der Waals surface area contributed by atoms with E-state index >= 15 is 0 Å². The molecule has 1 atom stereocenters. The first-order valence-electron chi connectivity index (χ1n) is 14.6. The van der Waals surface area contributed by atoms with Gasteiger partial charge >= 0.3 is 11.9 Å². The predicted molar refractivity (Wildman–Crippen MR) is 158 cm³/mol. The molecule has 0 saturated heterocycles. The van der Waals surface area contributed by atoms with Gasteiger partial charge in [-0.1, -0.05) is 55.8 Å². The van der Waals surface area contributed by atoms with Gasteiger partial charge in [0.25, 0.3) is 0 Å². The van der Waals surface area contributed by atoms with Crippen LogP contribution in [0.2, 0.25) is 0 Å². The van der Waals surface area contributed by atoms with Crippen molar-refractivity contribution in [1.29, 1.82) is 0 Å². The van der Waals surface area contributed by atoms with E-state index in [2.05, 4.69) is 6.58 Å². The van der Waals surface area contributed by atoms with Crippen LogP contribution in [-0.4, -0.2) is 58.2 Å². The maximum absolute atomic E-state index is 12.5. The number of hydrogen-bond donors (Lipinski definition) is 0. The zero-order valence-corrected chi connectivity index (χ0v) is 24.6. The third kappa shape index (κ3) is 15.9. The topological polar surface area (TPSA) is 89.5 Å². The van der Waals surface area contributed by atoms with Crippen molar-refractivity contribution in [2.24, 2.45) is 0 Å².